The molecule has 0 radical (unpaired) electrons. The number of benzene rings is 1. The van der Waals surface area contributed by atoms with Gasteiger partial charge in [-0.05, 0) is 32.8 Å². The van der Waals surface area contributed by atoms with E-state index in [0.717, 1.165) is 37.1 Å². The predicted molar refractivity (Wildman–Crippen MR) is 166 cm³/mol. The summed E-state index contributed by atoms with van der Waals surface area (Å²) in [6.45, 7) is 9.67. The van der Waals surface area contributed by atoms with Gasteiger partial charge >= 0.3 is 0 Å². The van der Waals surface area contributed by atoms with Crippen molar-refractivity contribution < 1.29 is 4.92 Å². The predicted octanol–water partition coefficient (Wildman–Crippen LogP) is 9.01. The van der Waals surface area contributed by atoms with Crippen LogP contribution in [0.3, 0.4) is 0 Å². The molecule has 2 heterocycles. The van der Waals surface area contributed by atoms with Gasteiger partial charge in [0, 0.05) is 35.3 Å². The van der Waals surface area contributed by atoms with Gasteiger partial charge in [-0.25, -0.2) is 0 Å². The number of nitro benzene ring substituents is 1. The van der Waals surface area contributed by atoms with Gasteiger partial charge in [-0.15, -0.1) is 10.2 Å². The highest BCUT2D eigenvalue weighted by Crippen LogP contribution is 2.38. The Hall–Kier alpha value is -3.10. The molecule has 0 unspecified atom stereocenters. The SMILES string of the molecule is CCCCCCCCCCn1cc(-c2cc(-c3cn(CCCCCCCCCC)nn3)c(C)c([N+](=O)[O-])c2C)nn1. The highest BCUT2D eigenvalue weighted by molar-refractivity contribution is 5.80. The van der Waals surface area contributed by atoms with Crippen LogP contribution >= 0.6 is 0 Å². The first-order valence-corrected chi connectivity index (χ1v) is 16.1. The van der Waals surface area contributed by atoms with Crippen LogP contribution in [0.15, 0.2) is 18.5 Å². The van der Waals surface area contributed by atoms with E-state index < -0.39 is 0 Å². The Morgan fingerprint density at radius 1 is 0.634 bits per heavy atom. The Morgan fingerprint density at radius 3 is 1.37 bits per heavy atom. The molecule has 9 nitrogen and oxygen atoms in total. The quantitative estimate of drug-likeness (QED) is 0.0725. The molecule has 0 aliphatic rings. The largest absolute Gasteiger partial charge is 0.276 e. The third kappa shape index (κ3) is 10.0. The number of nitrogens with zero attached hydrogens (tertiary/aromatic N) is 7. The van der Waals surface area contributed by atoms with Gasteiger partial charge < -0.3 is 0 Å². The van der Waals surface area contributed by atoms with E-state index in [9.17, 15) is 10.1 Å². The molecule has 1 aromatic carbocycles. The molecule has 0 bridgehead atoms. The van der Waals surface area contributed by atoms with Crippen molar-refractivity contribution in [2.75, 3.05) is 0 Å². The summed E-state index contributed by atoms with van der Waals surface area (Å²) in [6.07, 6.45) is 23.9. The summed E-state index contributed by atoms with van der Waals surface area (Å²) >= 11 is 0. The zero-order valence-electron chi connectivity index (χ0n) is 25.9. The van der Waals surface area contributed by atoms with Gasteiger partial charge in [0.25, 0.3) is 5.69 Å². The van der Waals surface area contributed by atoms with Crippen molar-refractivity contribution in [3.63, 3.8) is 0 Å². The van der Waals surface area contributed by atoms with E-state index in [4.69, 9.17) is 0 Å². The maximum absolute atomic E-state index is 12.1. The number of aryl methyl sites for hydroxylation is 2. The van der Waals surface area contributed by atoms with Crippen LogP contribution in [0.25, 0.3) is 22.5 Å². The van der Waals surface area contributed by atoms with Crippen LogP contribution in [-0.2, 0) is 13.1 Å². The minimum absolute atomic E-state index is 0.104. The standard InChI is InChI=1S/C32H51N7O2/c1-5-7-9-11-13-15-17-19-21-37-24-30(33-35-37)28-23-29(27(4)32(26(28)3)39(40)41)31-25-38(36-34-31)22-20-18-16-14-12-10-8-6-2/h23-25H,5-22H2,1-4H3. The van der Waals surface area contributed by atoms with Crippen LogP contribution in [0.1, 0.15) is 128 Å². The lowest BCUT2D eigenvalue weighted by molar-refractivity contribution is -0.385. The maximum atomic E-state index is 12.1. The lowest BCUT2D eigenvalue weighted by atomic mass is 9.94. The molecule has 0 amide bonds. The zero-order chi connectivity index (χ0) is 29.5. The van der Waals surface area contributed by atoms with Gasteiger partial charge in [-0.3, -0.25) is 19.5 Å². The summed E-state index contributed by atoms with van der Waals surface area (Å²) in [6, 6.07) is 1.97. The molecule has 0 aliphatic carbocycles. The van der Waals surface area contributed by atoms with Crippen LogP contribution in [-0.4, -0.2) is 34.9 Å². The topological polar surface area (TPSA) is 105 Å². The number of unbranched alkanes of at least 4 members (excludes halogenated alkanes) is 14. The van der Waals surface area contributed by atoms with Gasteiger partial charge in [0.15, 0.2) is 0 Å². The molecule has 0 aliphatic heterocycles. The number of hydrogen-bond acceptors (Lipinski definition) is 6. The van der Waals surface area contributed by atoms with Gasteiger partial charge in [-0.2, -0.15) is 0 Å². The third-order valence-electron chi connectivity index (χ3n) is 8.10. The lowest BCUT2D eigenvalue weighted by Crippen LogP contribution is -2.00. The molecule has 41 heavy (non-hydrogen) atoms. The van der Waals surface area contributed by atoms with Crippen LogP contribution in [0.2, 0.25) is 0 Å². The van der Waals surface area contributed by atoms with Crippen molar-refractivity contribution in [1.82, 2.24) is 30.0 Å². The smallest absolute Gasteiger partial charge is 0.258 e. The molecule has 0 fully saturated rings. The van der Waals surface area contributed by atoms with E-state index >= 15 is 0 Å². The summed E-state index contributed by atoms with van der Waals surface area (Å²) in [4.78, 5) is 11.8. The van der Waals surface area contributed by atoms with E-state index in [-0.39, 0.29) is 10.6 Å². The van der Waals surface area contributed by atoms with E-state index in [1.807, 2.05) is 27.8 Å². The van der Waals surface area contributed by atoms with Crippen LogP contribution in [0.5, 0.6) is 0 Å². The molecule has 0 N–H and O–H groups in total. The van der Waals surface area contributed by atoms with Gasteiger partial charge in [0.2, 0.25) is 0 Å². The maximum Gasteiger partial charge on any atom is 0.276 e. The minimum Gasteiger partial charge on any atom is -0.258 e. The van der Waals surface area contributed by atoms with Crippen molar-refractivity contribution in [3.05, 3.63) is 39.7 Å². The Kier molecular flexibility index (Phi) is 14.0. The average Bonchev–Trinajstić information content (AvgIpc) is 3.62. The molecule has 9 heteroatoms. The molecular formula is C32H51N7O2. The zero-order valence-corrected chi connectivity index (χ0v) is 25.9. The van der Waals surface area contributed by atoms with E-state index in [1.165, 1.54) is 89.9 Å². The molecule has 0 saturated heterocycles. The summed E-state index contributed by atoms with van der Waals surface area (Å²) in [5, 5.41) is 29.6. The van der Waals surface area contributed by atoms with Crippen molar-refractivity contribution in [1.29, 1.82) is 0 Å². The average molecular weight is 566 g/mol. The van der Waals surface area contributed by atoms with Crippen molar-refractivity contribution in [2.45, 2.75) is 144 Å². The van der Waals surface area contributed by atoms with Crippen molar-refractivity contribution in [2.24, 2.45) is 0 Å². The fourth-order valence-electron chi connectivity index (χ4n) is 5.58. The second-order valence-electron chi connectivity index (χ2n) is 11.5. The summed E-state index contributed by atoms with van der Waals surface area (Å²) in [5.74, 6) is 0. The molecule has 0 spiro atoms. The van der Waals surface area contributed by atoms with Gasteiger partial charge in [0.1, 0.15) is 11.4 Å². The summed E-state index contributed by atoms with van der Waals surface area (Å²) < 4.78 is 3.72. The summed E-state index contributed by atoms with van der Waals surface area (Å²) in [5.41, 5.74) is 4.04. The fourth-order valence-corrected chi connectivity index (χ4v) is 5.58. The molecule has 0 atom stereocenters. The molecular weight excluding hydrogens is 514 g/mol. The lowest BCUT2D eigenvalue weighted by Gasteiger charge is -2.10. The second-order valence-corrected chi connectivity index (χ2v) is 11.5. The number of rotatable bonds is 21. The minimum atomic E-state index is -0.298. The van der Waals surface area contributed by atoms with E-state index in [2.05, 4.69) is 34.5 Å². The molecule has 3 aromatic rings. The number of aromatic nitrogens is 6. The first kappa shape index (κ1) is 32.4. The Balaban J connectivity index is 1.64. The Labute approximate surface area is 246 Å². The molecule has 226 valence electrons. The highest BCUT2D eigenvalue weighted by atomic mass is 16.6. The van der Waals surface area contributed by atoms with E-state index in [1.54, 1.807) is 13.8 Å². The van der Waals surface area contributed by atoms with E-state index in [0.29, 0.717) is 22.5 Å². The van der Waals surface area contributed by atoms with Crippen molar-refractivity contribution in [3.8, 4) is 22.5 Å². The van der Waals surface area contributed by atoms with Gasteiger partial charge in [-0.1, -0.05) is 114 Å². The van der Waals surface area contributed by atoms with Crippen LogP contribution in [0, 0.1) is 24.0 Å². The van der Waals surface area contributed by atoms with Gasteiger partial charge in [0.05, 0.1) is 17.3 Å². The molecule has 0 saturated carbocycles. The Morgan fingerprint density at radius 2 is 1.00 bits per heavy atom. The van der Waals surface area contributed by atoms with Crippen LogP contribution in [0.4, 0.5) is 5.69 Å². The first-order chi connectivity index (χ1) is 20.0. The molecule has 3 rings (SSSR count). The monoisotopic (exact) mass is 565 g/mol. The number of nitro groups is 1. The third-order valence-corrected chi connectivity index (χ3v) is 8.10. The molecule has 2 aromatic heterocycles. The highest BCUT2D eigenvalue weighted by Gasteiger charge is 2.25. The first-order valence-electron chi connectivity index (χ1n) is 16.1. The fraction of sp³-hybridized carbons (Fsp3) is 0.688. The normalized spacial score (nSPS) is 11.4. The van der Waals surface area contributed by atoms with Crippen molar-refractivity contribution >= 4 is 5.69 Å². The van der Waals surface area contributed by atoms with Crippen LogP contribution < -0.4 is 0 Å². The summed E-state index contributed by atoms with van der Waals surface area (Å²) in [7, 11) is 0. The second kappa shape index (κ2) is 17.7. The number of hydrogen-bond donors (Lipinski definition) is 0. The Bertz CT molecular complexity index is 1120.